The Morgan fingerprint density at radius 3 is 2.20 bits per heavy atom. The molecule has 0 saturated carbocycles. The van der Waals surface area contributed by atoms with Crippen LogP contribution in [0.15, 0.2) is 34.8 Å². The molecule has 0 spiro atoms. The number of hydrogen-bond donors (Lipinski definition) is 1. The summed E-state index contributed by atoms with van der Waals surface area (Å²) in [6.45, 7) is 0. The van der Waals surface area contributed by atoms with Gasteiger partial charge in [0.25, 0.3) is 0 Å². The van der Waals surface area contributed by atoms with E-state index in [1.807, 2.05) is 0 Å². The molecule has 0 fully saturated rings. The van der Waals surface area contributed by atoms with Crippen LogP contribution in [-0.4, -0.2) is 5.11 Å². The SMILES string of the molecule is OC(Cc1ccc(F)c(Br)c1)c1cc(F)c(F)cc1F. The molecule has 1 unspecified atom stereocenters. The van der Waals surface area contributed by atoms with Crippen molar-refractivity contribution in [1.82, 2.24) is 0 Å². The summed E-state index contributed by atoms with van der Waals surface area (Å²) < 4.78 is 52.6. The minimum atomic E-state index is -1.36. The van der Waals surface area contributed by atoms with E-state index in [0.717, 1.165) is 0 Å². The maximum Gasteiger partial charge on any atom is 0.161 e. The minimum Gasteiger partial charge on any atom is -0.388 e. The van der Waals surface area contributed by atoms with Gasteiger partial charge in [0.1, 0.15) is 11.6 Å². The van der Waals surface area contributed by atoms with Gasteiger partial charge in [-0.2, -0.15) is 0 Å². The average Bonchev–Trinajstić information content (AvgIpc) is 2.38. The Bertz CT molecular complexity index is 645. The van der Waals surface area contributed by atoms with Crippen LogP contribution in [-0.2, 0) is 6.42 Å². The summed E-state index contributed by atoms with van der Waals surface area (Å²) in [6, 6.07) is 5.04. The lowest BCUT2D eigenvalue weighted by Crippen LogP contribution is -2.06. The summed E-state index contributed by atoms with van der Waals surface area (Å²) in [4.78, 5) is 0. The van der Waals surface area contributed by atoms with Crippen LogP contribution >= 0.6 is 15.9 Å². The van der Waals surface area contributed by atoms with Crippen molar-refractivity contribution >= 4 is 15.9 Å². The fourth-order valence-corrected chi connectivity index (χ4v) is 2.22. The lowest BCUT2D eigenvalue weighted by molar-refractivity contribution is 0.172. The van der Waals surface area contributed by atoms with Crippen LogP contribution in [0.1, 0.15) is 17.2 Å². The Labute approximate surface area is 121 Å². The van der Waals surface area contributed by atoms with E-state index in [0.29, 0.717) is 17.7 Å². The molecule has 2 aromatic carbocycles. The summed E-state index contributed by atoms with van der Waals surface area (Å²) in [5.74, 6) is -4.05. The summed E-state index contributed by atoms with van der Waals surface area (Å²) in [7, 11) is 0. The fraction of sp³-hybridized carbons (Fsp3) is 0.143. The van der Waals surface area contributed by atoms with Crippen molar-refractivity contribution in [3.63, 3.8) is 0 Å². The maximum atomic E-state index is 13.5. The summed E-state index contributed by atoms with van der Waals surface area (Å²) in [6.07, 6.45) is -1.41. The summed E-state index contributed by atoms with van der Waals surface area (Å²) >= 11 is 2.99. The Balaban J connectivity index is 2.25. The molecule has 0 aliphatic heterocycles. The van der Waals surface area contributed by atoms with Gasteiger partial charge in [-0.05, 0) is 39.7 Å². The molecular formula is C14H9BrF4O. The van der Waals surface area contributed by atoms with Crippen molar-refractivity contribution in [2.75, 3.05) is 0 Å². The van der Waals surface area contributed by atoms with Gasteiger partial charge in [0, 0.05) is 18.1 Å². The van der Waals surface area contributed by atoms with Crippen LogP contribution in [0.4, 0.5) is 17.6 Å². The van der Waals surface area contributed by atoms with E-state index < -0.39 is 29.4 Å². The Morgan fingerprint density at radius 1 is 0.900 bits per heavy atom. The predicted molar refractivity (Wildman–Crippen MR) is 69.1 cm³/mol. The third-order valence-corrected chi connectivity index (χ3v) is 3.42. The molecule has 0 radical (unpaired) electrons. The number of benzene rings is 2. The average molecular weight is 349 g/mol. The number of rotatable bonds is 3. The third-order valence-electron chi connectivity index (χ3n) is 2.81. The van der Waals surface area contributed by atoms with Gasteiger partial charge < -0.3 is 5.11 Å². The van der Waals surface area contributed by atoms with Crippen LogP contribution in [0.25, 0.3) is 0 Å². The molecule has 106 valence electrons. The van der Waals surface area contributed by atoms with Gasteiger partial charge in [0.05, 0.1) is 10.6 Å². The highest BCUT2D eigenvalue weighted by molar-refractivity contribution is 9.10. The molecule has 2 aromatic rings. The highest BCUT2D eigenvalue weighted by Gasteiger charge is 2.17. The van der Waals surface area contributed by atoms with Crippen molar-refractivity contribution < 1.29 is 22.7 Å². The van der Waals surface area contributed by atoms with Gasteiger partial charge in [-0.3, -0.25) is 0 Å². The van der Waals surface area contributed by atoms with Gasteiger partial charge >= 0.3 is 0 Å². The Kier molecular flexibility index (Phi) is 4.45. The van der Waals surface area contributed by atoms with E-state index in [2.05, 4.69) is 15.9 Å². The highest BCUT2D eigenvalue weighted by atomic mass is 79.9. The van der Waals surface area contributed by atoms with E-state index >= 15 is 0 Å². The Hall–Kier alpha value is -1.40. The molecule has 0 bridgehead atoms. The first-order valence-electron chi connectivity index (χ1n) is 5.65. The lowest BCUT2D eigenvalue weighted by Gasteiger charge is -2.13. The molecule has 0 aliphatic rings. The largest absolute Gasteiger partial charge is 0.388 e. The normalized spacial score (nSPS) is 12.5. The lowest BCUT2D eigenvalue weighted by atomic mass is 10.0. The van der Waals surface area contributed by atoms with Crippen LogP contribution in [0.3, 0.4) is 0 Å². The van der Waals surface area contributed by atoms with Crippen molar-refractivity contribution in [3.8, 4) is 0 Å². The molecular weight excluding hydrogens is 340 g/mol. The molecule has 20 heavy (non-hydrogen) atoms. The first-order chi connectivity index (χ1) is 9.38. The monoisotopic (exact) mass is 348 g/mol. The first-order valence-corrected chi connectivity index (χ1v) is 6.44. The molecule has 2 rings (SSSR count). The van der Waals surface area contributed by atoms with E-state index in [4.69, 9.17) is 0 Å². The molecule has 0 aliphatic carbocycles. The van der Waals surface area contributed by atoms with Crippen molar-refractivity contribution in [1.29, 1.82) is 0 Å². The van der Waals surface area contributed by atoms with Crippen molar-refractivity contribution in [2.24, 2.45) is 0 Å². The van der Waals surface area contributed by atoms with Gasteiger partial charge in [0.15, 0.2) is 11.6 Å². The van der Waals surface area contributed by atoms with Gasteiger partial charge in [0.2, 0.25) is 0 Å². The molecule has 0 heterocycles. The zero-order chi connectivity index (χ0) is 14.9. The first kappa shape index (κ1) is 15.0. The molecule has 0 aromatic heterocycles. The zero-order valence-corrected chi connectivity index (χ0v) is 11.6. The van der Waals surface area contributed by atoms with Gasteiger partial charge in [-0.1, -0.05) is 6.07 Å². The van der Waals surface area contributed by atoms with Crippen LogP contribution in [0.2, 0.25) is 0 Å². The molecule has 0 saturated heterocycles. The van der Waals surface area contributed by atoms with Crippen molar-refractivity contribution in [3.05, 3.63) is 69.2 Å². The maximum absolute atomic E-state index is 13.5. The standard InChI is InChI=1S/C14H9BrF4O/c15-9-3-7(1-2-10(9)16)4-14(20)8-5-12(18)13(19)6-11(8)17/h1-3,5-6,14,20H,4H2. The van der Waals surface area contributed by atoms with Gasteiger partial charge in [-0.15, -0.1) is 0 Å². The molecule has 1 N–H and O–H groups in total. The topological polar surface area (TPSA) is 20.2 Å². The number of hydrogen-bond acceptors (Lipinski definition) is 1. The predicted octanol–water partition coefficient (Wildman–Crippen LogP) is 4.28. The van der Waals surface area contributed by atoms with E-state index in [9.17, 15) is 22.7 Å². The molecule has 1 nitrogen and oxygen atoms in total. The third kappa shape index (κ3) is 3.19. The molecule has 1 atom stereocenters. The van der Waals surface area contributed by atoms with Crippen LogP contribution in [0, 0.1) is 23.3 Å². The second-order valence-corrected chi connectivity index (χ2v) is 5.11. The minimum absolute atomic E-state index is 0.0547. The van der Waals surface area contributed by atoms with Crippen LogP contribution in [0.5, 0.6) is 0 Å². The number of aliphatic hydroxyl groups excluding tert-OH is 1. The van der Waals surface area contributed by atoms with E-state index in [1.165, 1.54) is 18.2 Å². The smallest absolute Gasteiger partial charge is 0.161 e. The summed E-state index contributed by atoms with van der Waals surface area (Å²) in [5, 5.41) is 9.89. The van der Waals surface area contributed by atoms with Gasteiger partial charge in [-0.25, -0.2) is 17.6 Å². The summed E-state index contributed by atoms with van der Waals surface area (Å²) in [5.41, 5.74) is 0.180. The van der Waals surface area contributed by atoms with E-state index in [1.54, 1.807) is 0 Å². The highest BCUT2D eigenvalue weighted by Crippen LogP contribution is 2.25. The van der Waals surface area contributed by atoms with Crippen molar-refractivity contribution in [2.45, 2.75) is 12.5 Å². The Morgan fingerprint density at radius 2 is 1.55 bits per heavy atom. The molecule has 6 heteroatoms. The second-order valence-electron chi connectivity index (χ2n) is 4.26. The quantitative estimate of drug-likeness (QED) is 0.648. The number of halogens is 5. The molecule has 0 amide bonds. The van der Waals surface area contributed by atoms with Crippen LogP contribution < -0.4 is 0 Å². The number of aliphatic hydroxyl groups is 1. The zero-order valence-electron chi connectivity index (χ0n) is 10.0. The second kappa shape index (κ2) is 5.93. The van der Waals surface area contributed by atoms with E-state index in [-0.39, 0.29) is 16.5 Å². The fourth-order valence-electron chi connectivity index (χ4n) is 1.79.